The fourth-order valence-electron chi connectivity index (χ4n) is 5.37. The molecule has 0 aliphatic rings. The van der Waals surface area contributed by atoms with E-state index in [1.165, 1.54) is 148 Å². The summed E-state index contributed by atoms with van der Waals surface area (Å²) in [7, 11) is 2.23. The summed E-state index contributed by atoms with van der Waals surface area (Å²) >= 11 is 0. The van der Waals surface area contributed by atoms with E-state index in [4.69, 9.17) is 4.74 Å². The van der Waals surface area contributed by atoms with Crippen molar-refractivity contribution in [3.05, 3.63) is 0 Å². The molecule has 3 nitrogen and oxygen atoms in total. The minimum atomic E-state index is -0.00327. The van der Waals surface area contributed by atoms with E-state index < -0.39 is 0 Å². The summed E-state index contributed by atoms with van der Waals surface area (Å²) < 4.78 is 5.43. The molecule has 0 aromatic heterocycles. The van der Waals surface area contributed by atoms with Gasteiger partial charge >= 0.3 is 5.97 Å². The minimum absolute atomic E-state index is 0.00327. The van der Waals surface area contributed by atoms with E-state index in [1.807, 2.05) is 0 Å². The van der Waals surface area contributed by atoms with Crippen LogP contribution in [0, 0.1) is 0 Å². The molecular weight excluding hydrogens is 454 g/mol. The number of hydrogen-bond donors (Lipinski definition) is 0. The van der Waals surface area contributed by atoms with Crippen LogP contribution in [0.1, 0.15) is 188 Å². The summed E-state index contributed by atoms with van der Waals surface area (Å²) in [6.45, 7) is 8.32. The highest BCUT2D eigenvalue weighted by atomic mass is 16.5. The standard InChI is InChI=1S/C34H69NO2/c1-5-8-10-12-14-16-18-19-20-21-23-25-27-29-33(32-34(36)37-31-7-3)35(4)30-28-26-24-22-17-15-13-11-9-6-2/h33H,5-32H2,1-4H3. The second-order valence-electron chi connectivity index (χ2n) is 11.8. The Morgan fingerprint density at radius 2 is 0.919 bits per heavy atom. The number of nitrogens with zero attached hydrogens (tertiary/aromatic N) is 1. The molecule has 0 spiro atoms. The summed E-state index contributed by atoms with van der Waals surface area (Å²) in [6.07, 6.45) is 34.4. The van der Waals surface area contributed by atoms with Crippen molar-refractivity contribution in [3.63, 3.8) is 0 Å². The Labute approximate surface area is 234 Å². The van der Waals surface area contributed by atoms with Crippen LogP contribution in [0.5, 0.6) is 0 Å². The first-order chi connectivity index (χ1) is 18.2. The van der Waals surface area contributed by atoms with Crippen molar-refractivity contribution >= 4 is 5.97 Å². The van der Waals surface area contributed by atoms with E-state index in [2.05, 4.69) is 32.7 Å². The van der Waals surface area contributed by atoms with Crippen LogP contribution in [0.2, 0.25) is 0 Å². The van der Waals surface area contributed by atoms with Crippen LogP contribution in [-0.4, -0.2) is 37.1 Å². The first-order valence-electron chi connectivity index (χ1n) is 17.0. The molecule has 0 saturated carbocycles. The maximum Gasteiger partial charge on any atom is 0.307 e. The summed E-state index contributed by atoms with van der Waals surface area (Å²) in [4.78, 5) is 14.8. The molecule has 0 heterocycles. The van der Waals surface area contributed by atoms with Gasteiger partial charge < -0.3 is 9.64 Å². The summed E-state index contributed by atoms with van der Waals surface area (Å²) in [5.74, 6) is -0.00327. The number of esters is 1. The van der Waals surface area contributed by atoms with E-state index >= 15 is 0 Å². The minimum Gasteiger partial charge on any atom is -0.466 e. The maximum absolute atomic E-state index is 12.3. The molecule has 0 aliphatic heterocycles. The van der Waals surface area contributed by atoms with E-state index in [0.717, 1.165) is 19.4 Å². The van der Waals surface area contributed by atoms with Crippen LogP contribution in [0.4, 0.5) is 0 Å². The van der Waals surface area contributed by atoms with E-state index in [1.54, 1.807) is 0 Å². The van der Waals surface area contributed by atoms with Crippen LogP contribution < -0.4 is 0 Å². The van der Waals surface area contributed by atoms with Gasteiger partial charge in [-0.2, -0.15) is 0 Å². The number of hydrogen-bond acceptors (Lipinski definition) is 3. The van der Waals surface area contributed by atoms with Crippen molar-refractivity contribution in [1.82, 2.24) is 4.90 Å². The SMILES string of the molecule is CCCCCCCCCCCCCCCC(CC(=O)OCCC)N(C)CCCCCCCCCCCC. The molecule has 1 atom stereocenters. The fraction of sp³-hybridized carbons (Fsp3) is 0.971. The second kappa shape index (κ2) is 30.0. The van der Waals surface area contributed by atoms with Gasteiger partial charge in [0.05, 0.1) is 13.0 Å². The van der Waals surface area contributed by atoms with Crippen LogP contribution in [0.3, 0.4) is 0 Å². The van der Waals surface area contributed by atoms with Gasteiger partial charge in [-0.1, -0.05) is 162 Å². The number of carbonyl (C=O) groups is 1. The van der Waals surface area contributed by atoms with Gasteiger partial charge in [0.1, 0.15) is 0 Å². The predicted octanol–water partition coefficient (Wildman–Crippen LogP) is 11.0. The topological polar surface area (TPSA) is 29.5 Å². The third-order valence-corrected chi connectivity index (χ3v) is 8.00. The third-order valence-electron chi connectivity index (χ3n) is 8.00. The summed E-state index contributed by atoms with van der Waals surface area (Å²) in [6, 6.07) is 0.343. The summed E-state index contributed by atoms with van der Waals surface area (Å²) in [5, 5.41) is 0. The van der Waals surface area contributed by atoms with Gasteiger partial charge in [-0.05, 0) is 32.9 Å². The Morgan fingerprint density at radius 1 is 0.541 bits per heavy atom. The Hall–Kier alpha value is -0.570. The monoisotopic (exact) mass is 524 g/mol. The van der Waals surface area contributed by atoms with E-state index in [0.29, 0.717) is 19.1 Å². The van der Waals surface area contributed by atoms with Gasteiger partial charge in [0.15, 0.2) is 0 Å². The van der Waals surface area contributed by atoms with Crippen molar-refractivity contribution in [2.75, 3.05) is 20.2 Å². The molecule has 0 amide bonds. The third kappa shape index (κ3) is 26.8. The lowest BCUT2D eigenvalue weighted by atomic mass is 10.0. The number of unbranched alkanes of at least 4 members (excludes halogenated alkanes) is 21. The van der Waals surface area contributed by atoms with Gasteiger partial charge in [-0.25, -0.2) is 0 Å². The zero-order valence-corrected chi connectivity index (χ0v) is 26.1. The molecule has 0 bridgehead atoms. The highest BCUT2D eigenvalue weighted by molar-refractivity contribution is 5.70. The van der Waals surface area contributed by atoms with Crippen molar-refractivity contribution in [2.24, 2.45) is 0 Å². The van der Waals surface area contributed by atoms with Crippen LogP contribution in [-0.2, 0) is 9.53 Å². The molecule has 37 heavy (non-hydrogen) atoms. The lowest BCUT2D eigenvalue weighted by Gasteiger charge is -2.27. The molecule has 3 heteroatoms. The molecule has 0 fully saturated rings. The molecule has 0 aromatic rings. The van der Waals surface area contributed by atoms with Crippen LogP contribution >= 0.6 is 0 Å². The van der Waals surface area contributed by atoms with Crippen LogP contribution in [0.15, 0.2) is 0 Å². The van der Waals surface area contributed by atoms with Crippen molar-refractivity contribution in [2.45, 2.75) is 194 Å². The Bertz CT molecular complexity index is 453. The highest BCUT2D eigenvalue weighted by Gasteiger charge is 2.19. The molecule has 0 rings (SSSR count). The van der Waals surface area contributed by atoms with Gasteiger partial charge in [-0.15, -0.1) is 0 Å². The van der Waals surface area contributed by atoms with Gasteiger partial charge in [0.25, 0.3) is 0 Å². The molecule has 0 aromatic carbocycles. The molecule has 0 aliphatic carbocycles. The predicted molar refractivity (Wildman–Crippen MR) is 164 cm³/mol. The zero-order valence-electron chi connectivity index (χ0n) is 26.1. The van der Waals surface area contributed by atoms with Gasteiger partial charge in [0, 0.05) is 6.04 Å². The first kappa shape index (κ1) is 36.4. The Morgan fingerprint density at radius 3 is 1.32 bits per heavy atom. The maximum atomic E-state index is 12.3. The van der Waals surface area contributed by atoms with E-state index in [-0.39, 0.29) is 5.97 Å². The van der Waals surface area contributed by atoms with Gasteiger partial charge in [-0.3, -0.25) is 4.79 Å². The molecule has 1 unspecified atom stereocenters. The summed E-state index contributed by atoms with van der Waals surface area (Å²) in [5.41, 5.74) is 0. The molecule has 0 N–H and O–H groups in total. The highest BCUT2D eigenvalue weighted by Crippen LogP contribution is 2.18. The average Bonchev–Trinajstić information content (AvgIpc) is 2.90. The van der Waals surface area contributed by atoms with Crippen molar-refractivity contribution in [3.8, 4) is 0 Å². The van der Waals surface area contributed by atoms with Crippen molar-refractivity contribution < 1.29 is 9.53 Å². The van der Waals surface area contributed by atoms with Crippen LogP contribution in [0.25, 0.3) is 0 Å². The largest absolute Gasteiger partial charge is 0.466 e. The fourth-order valence-corrected chi connectivity index (χ4v) is 5.37. The lowest BCUT2D eigenvalue weighted by molar-refractivity contribution is -0.145. The van der Waals surface area contributed by atoms with E-state index in [9.17, 15) is 4.79 Å². The molecular formula is C34H69NO2. The second-order valence-corrected chi connectivity index (χ2v) is 11.8. The number of ether oxygens (including phenoxy) is 1. The molecule has 0 saturated heterocycles. The first-order valence-corrected chi connectivity index (χ1v) is 17.0. The Balaban J connectivity index is 3.97. The normalized spacial score (nSPS) is 12.4. The average molecular weight is 524 g/mol. The zero-order chi connectivity index (χ0) is 27.2. The molecule has 0 radical (unpaired) electrons. The quantitative estimate of drug-likeness (QED) is 0.0692. The smallest absolute Gasteiger partial charge is 0.307 e. The van der Waals surface area contributed by atoms with Crippen molar-refractivity contribution in [1.29, 1.82) is 0 Å². The number of rotatable bonds is 30. The Kier molecular flexibility index (Phi) is 29.5. The lowest BCUT2D eigenvalue weighted by Crippen LogP contribution is -2.35. The van der Waals surface area contributed by atoms with Gasteiger partial charge in [0.2, 0.25) is 0 Å². The molecule has 222 valence electrons. The number of carbonyl (C=O) groups excluding carboxylic acids is 1.